The molecule has 1 fully saturated rings. The maximum Gasteiger partial charge on any atom is 0.142 e. The average Bonchev–Trinajstić information content (AvgIpc) is 2.94. The predicted octanol–water partition coefficient (Wildman–Crippen LogP) is 2.61. The quantitative estimate of drug-likeness (QED) is 0.799. The third-order valence-electron chi connectivity index (χ3n) is 3.78. The second-order valence-electron chi connectivity index (χ2n) is 6.32. The Morgan fingerprint density at radius 1 is 1.29 bits per heavy atom. The van der Waals surface area contributed by atoms with Crippen LogP contribution in [0.25, 0.3) is 0 Å². The first-order valence-electron chi connectivity index (χ1n) is 8.17. The fourth-order valence-corrected chi connectivity index (χ4v) is 2.63. The van der Waals surface area contributed by atoms with Gasteiger partial charge < -0.3 is 10.1 Å². The zero-order valence-electron chi connectivity index (χ0n) is 13.7. The van der Waals surface area contributed by atoms with Crippen LogP contribution < -0.4 is 10.1 Å². The van der Waals surface area contributed by atoms with Crippen LogP contribution in [0.5, 0.6) is 5.75 Å². The van der Waals surface area contributed by atoms with Crippen molar-refractivity contribution in [2.24, 2.45) is 5.92 Å². The van der Waals surface area contributed by atoms with Gasteiger partial charge in [0, 0.05) is 18.8 Å². The number of ether oxygens (including phenoxy) is 1. The number of hydrogen-bond acceptors (Lipinski definition) is 4. The molecular formula is C17H29N3O. The number of aromatic nitrogens is 1. The van der Waals surface area contributed by atoms with Gasteiger partial charge in [-0.3, -0.25) is 9.88 Å². The Morgan fingerprint density at radius 3 is 2.76 bits per heavy atom. The lowest BCUT2D eigenvalue weighted by Gasteiger charge is -2.17. The van der Waals surface area contributed by atoms with E-state index in [1.807, 2.05) is 13.0 Å². The summed E-state index contributed by atoms with van der Waals surface area (Å²) in [7, 11) is 0. The second-order valence-corrected chi connectivity index (χ2v) is 6.32. The fraction of sp³-hybridized carbons (Fsp3) is 0.706. The Bertz CT molecular complexity index is 428. The van der Waals surface area contributed by atoms with Crippen LogP contribution >= 0.6 is 0 Å². The summed E-state index contributed by atoms with van der Waals surface area (Å²) in [6, 6.07) is 4.08. The molecule has 21 heavy (non-hydrogen) atoms. The average molecular weight is 291 g/mol. The van der Waals surface area contributed by atoms with Crippen molar-refractivity contribution in [2.45, 2.75) is 40.2 Å². The molecule has 1 aliphatic rings. The summed E-state index contributed by atoms with van der Waals surface area (Å²) in [4.78, 5) is 7.09. The highest BCUT2D eigenvalue weighted by Crippen LogP contribution is 2.17. The Hall–Kier alpha value is -1.13. The zero-order valence-corrected chi connectivity index (χ0v) is 13.7. The van der Waals surface area contributed by atoms with Crippen molar-refractivity contribution >= 4 is 0 Å². The summed E-state index contributed by atoms with van der Waals surface area (Å²) in [6.45, 7) is 12.4. The molecule has 4 heteroatoms. The molecule has 1 aliphatic heterocycles. The van der Waals surface area contributed by atoms with Gasteiger partial charge in [-0.2, -0.15) is 0 Å². The van der Waals surface area contributed by atoms with E-state index < -0.39 is 0 Å². The summed E-state index contributed by atoms with van der Waals surface area (Å²) in [5, 5.41) is 3.45. The van der Waals surface area contributed by atoms with E-state index in [0.29, 0.717) is 5.92 Å². The van der Waals surface area contributed by atoms with Crippen molar-refractivity contribution in [3.8, 4) is 5.75 Å². The van der Waals surface area contributed by atoms with Gasteiger partial charge in [-0.1, -0.05) is 13.8 Å². The first-order chi connectivity index (χ1) is 10.1. The number of rotatable bonds is 8. The molecule has 1 saturated heterocycles. The lowest BCUT2D eigenvalue weighted by molar-refractivity contribution is 0.235. The number of nitrogens with zero attached hydrogens (tertiary/aromatic N) is 2. The van der Waals surface area contributed by atoms with Gasteiger partial charge >= 0.3 is 0 Å². The summed E-state index contributed by atoms with van der Waals surface area (Å²) < 4.78 is 5.97. The zero-order chi connectivity index (χ0) is 15.1. The molecule has 1 aromatic heterocycles. The topological polar surface area (TPSA) is 37.4 Å². The first kappa shape index (κ1) is 16.2. The van der Waals surface area contributed by atoms with Crippen molar-refractivity contribution in [2.75, 3.05) is 32.8 Å². The summed E-state index contributed by atoms with van der Waals surface area (Å²) in [5.41, 5.74) is 2.07. The normalized spacial score (nSPS) is 15.8. The molecule has 2 rings (SSSR count). The lowest BCUT2D eigenvalue weighted by Crippen LogP contribution is -2.25. The Morgan fingerprint density at radius 2 is 2.05 bits per heavy atom. The van der Waals surface area contributed by atoms with Crippen LogP contribution in [0, 0.1) is 12.8 Å². The standard InChI is InChI=1S/C17H29N3O/c1-14(2)12-18-13-16-17(7-6-15(3)19-16)21-11-10-20-8-4-5-9-20/h6-7,14,18H,4-5,8-13H2,1-3H3. The number of nitrogens with one attached hydrogen (secondary N) is 1. The SMILES string of the molecule is Cc1ccc(OCCN2CCCC2)c(CNCC(C)C)n1. The molecule has 0 aliphatic carbocycles. The van der Waals surface area contributed by atoms with Gasteiger partial charge in [0.15, 0.2) is 0 Å². The summed E-state index contributed by atoms with van der Waals surface area (Å²) in [6.07, 6.45) is 2.66. The predicted molar refractivity (Wildman–Crippen MR) is 86.7 cm³/mol. The van der Waals surface area contributed by atoms with E-state index in [4.69, 9.17) is 4.74 Å². The number of likely N-dealkylation sites (tertiary alicyclic amines) is 1. The molecule has 0 amide bonds. The molecule has 118 valence electrons. The monoisotopic (exact) mass is 291 g/mol. The van der Waals surface area contributed by atoms with E-state index in [-0.39, 0.29) is 0 Å². The van der Waals surface area contributed by atoms with E-state index in [1.165, 1.54) is 25.9 Å². The van der Waals surface area contributed by atoms with Crippen LogP contribution in [0.1, 0.15) is 38.1 Å². The molecule has 0 saturated carbocycles. The molecule has 0 aromatic carbocycles. The van der Waals surface area contributed by atoms with Gasteiger partial charge in [0.1, 0.15) is 12.4 Å². The molecular weight excluding hydrogens is 262 g/mol. The third-order valence-corrected chi connectivity index (χ3v) is 3.78. The Kier molecular flexibility index (Phi) is 6.46. The van der Waals surface area contributed by atoms with Crippen molar-refractivity contribution < 1.29 is 4.74 Å². The van der Waals surface area contributed by atoms with Gasteiger partial charge in [0.05, 0.1) is 5.69 Å². The van der Waals surface area contributed by atoms with E-state index in [9.17, 15) is 0 Å². The third kappa shape index (κ3) is 5.64. The van der Waals surface area contributed by atoms with Crippen LogP contribution in [-0.4, -0.2) is 42.7 Å². The fourth-order valence-electron chi connectivity index (χ4n) is 2.63. The second kappa shape index (κ2) is 8.35. The highest BCUT2D eigenvalue weighted by atomic mass is 16.5. The maximum atomic E-state index is 5.97. The van der Waals surface area contributed by atoms with Crippen molar-refractivity contribution in [1.29, 1.82) is 0 Å². The molecule has 4 nitrogen and oxygen atoms in total. The van der Waals surface area contributed by atoms with E-state index >= 15 is 0 Å². The lowest BCUT2D eigenvalue weighted by atomic mass is 10.2. The largest absolute Gasteiger partial charge is 0.490 e. The smallest absolute Gasteiger partial charge is 0.142 e. The van der Waals surface area contributed by atoms with Crippen LogP contribution in [0.2, 0.25) is 0 Å². The van der Waals surface area contributed by atoms with Crippen LogP contribution in [-0.2, 0) is 6.54 Å². The molecule has 0 radical (unpaired) electrons. The highest BCUT2D eigenvalue weighted by molar-refractivity contribution is 5.29. The van der Waals surface area contributed by atoms with Crippen LogP contribution in [0.4, 0.5) is 0 Å². The molecule has 1 N–H and O–H groups in total. The number of aryl methyl sites for hydroxylation is 1. The molecule has 2 heterocycles. The van der Waals surface area contributed by atoms with Gasteiger partial charge in [0.25, 0.3) is 0 Å². The minimum atomic E-state index is 0.648. The Labute approximate surface area is 128 Å². The number of pyridine rings is 1. The van der Waals surface area contributed by atoms with Crippen molar-refractivity contribution in [3.63, 3.8) is 0 Å². The molecule has 0 spiro atoms. The van der Waals surface area contributed by atoms with Gasteiger partial charge in [-0.05, 0) is 57.5 Å². The van der Waals surface area contributed by atoms with Crippen molar-refractivity contribution in [3.05, 3.63) is 23.5 Å². The Balaban J connectivity index is 1.84. The molecule has 0 atom stereocenters. The van der Waals surface area contributed by atoms with Gasteiger partial charge in [0.2, 0.25) is 0 Å². The summed E-state index contributed by atoms with van der Waals surface area (Å²) in [5.74, 6) is 1.57. The van der Waals surface area contributed by atoms with E-state index in [1.54, 1.807) is 0 Å². The van der Waals surface area contributed by atoms with Gasteiger partial charge in [-0.25, -0.2) is 0 Å². The summed E-state index contributed by atoms with van der Waals surface area (Å²) >= 11 is 0. The molecule has 0 unspecified atom stereocenters. The van der Waals surface area contributed by atoms with Crippen LogP contribution in [0.15, 0.2) is 12.1 Å². The first-order valence-corrected chi connectivity index (χ1v) is 8.17. The molecule has 0 bridgehead atoms. The minimum absolute atomic E-state index is 0.648. The maximum absolute atomic E-state index is 5.97. The van der Waals surface area contributed by atoms with Gasteiger partial charge in [-0.15, -0.1) is 0 Å². The van der Waals surface area contributed by atoms with Crippen LogP contribution in [0.3, 0.4) is 0 Å². The van der Waals surface area contributed by atoms with E-state index in [2.05, 4.69) is 35.1 Å². The number of hydrogen-bond donors (Lipinski definition) is 1. The minimum Gasteiger partial charge on any atom is -0.490 e. The molecule has 1 aromatic rings. The van der Waals surface area contributed by atoms with E-state index in [0.717, 1.165) is 43.4 Å². The van der Waals surface area contributed by atoms with Crippen molar-refractivity contribution in [1.82, 2.24) is 15.2 Å². The highest BCUT2D eigenvalue weighted by Gasteiger charge is 2.12.